The summed E-state index contributed by atoms with van der Waals surface area (Å²) in [7, 11) is 0. The number of fused-ring (bicyclic) bond motifs is 1. The molecule has 4 heterocycles. The maximum Gasteiger partial charge on any atom is 0.304 e. The van der Waals surface area contributed by atoms with Crippen LogP contribution in [0.25, 0.3) is 11.4 Å². The number of nitrogens with zero attached hydrogens (tertiary/aromatic N) is 4. The molecule has 1 N–H and O–H groups in total. The van der Waals surface area contributed by atoms with E-state index < -0.39 is 5.97 Å². The Balaban J connectivity index is 1.83. The largest absolute Gasteiger partial charge is 0.481 e. The van der Waals surface area contributed by atoms with E-state index in [1.165, 1.54) is 23.1 Å². The van der Waals surface area contributed by atoms with Crippen molar-refractivity contribution in [3.05, 3.63) is 40.5 Å². The average molecular weight is 360 g/mol. The predicted molar refractivity (Wildman–Crippen MR) is 90.6 cm³/mol. The molecule has 9 heteroatoms. The quantitative estimate of drug-likeness (QED) is 0.768. The fraction of sp³-hybridized carbons (Fsp3) is 0.200. The van der Waals surface area contributed by atoms with E-state index in [-0.39, 0.29) is 11.7 Å². The Hall–Kier alpha value is -2.39. The molecule has 24 heavy (non-hydrogen) atoms. The molecule has 0 saturated heterocycles. The first-order valence-corrected chi connectivity index (χ1v) is 8.90. The number of aryl methyl sites for hydroxylation is 1. The summed E-state index contributed by atoms with van der Waals surface area (Å²) in [5, 5.41) is 24.5. The Morgan fingerprint density at radius 3 is 2.96 bits per heavy atom. The van der Waals surface area contributed by atoms with Crippen molar-refractivity contribution in [3.8, 4) is 11.4 Å². The molecule has 122 valence electrons. The van der Waals surface area contributed by atoms with Gasteiger partial charge in [0.15, 0.2) is 5.82 Å². The zero-order valence-electron chi connectivity index (χ0n) is 12.5. The third-order valence-corrected chi connectivity index (χ3v) is 5.64. The van der Waals surface area contributed by atoms with Crippen LogP contribution in [0.5, 0.6) is 0 Å². The normalized spacial score (nSPS) is 16.7. The van der Waals surface area contributed by atoms with E-state index in [4.69, 9.17) is 4.42 Å². The SMILES string of the molecule is Cc1occc1-c1nnc2n1N=C(c1cccs1)[C@H](CC(=O)O)S2. The number of carboxylic acid groups (broad SMARTS) is 1. The lowest BCUT2D eigenvalue weighted by atomic mass is 10.1. The first-order valence-electron chi connectivity index (χ1n) is 7.14. The van der Waals surface area contributed by atoms with E-state index in [1.807, 2.05) is 30.5 Å². The summed E-state index contributed by atoms with van der Waals surface area (Å²) in [6.07, 6.45) is 1.58. The smallest absolute Gasteiger partial charge is 0.304 e. The molecule has 0 bridgehead atoms. The maximum absolute atomic E-state index is 11.2. The first-order chi connectivity index (χ1) is 11.6. The van der Waals surface area contributed by atoms with Crippen LogP contribution in [-0.2, 0) is 4.79 Å². The number of carboxylic acids is 1. The van der Waals surface area contributed by atoms with Crippen LogP contribution in [-0.4, -0.2) is 36.9 Å². The van der Waals surface area contributed by atoms with Gasteiger partial charge in [0, 0.05) is 0 Å². The second kappa shape index (κ2) is 5.91. The standard InChI is InChI=1S/C15H12N4O3S2/c1-8-9(4-5-22-8)14-16-17-15-19(14)18-13(10-3-2-6-23-10)11(24-15)7-12(20)21/h2-6,11H,7H2,1H3,(H,20,21)/t11-/m0/s1. The minimum atomic E-state index is -0.865. The number of rotatable bonds is 4. The molecule has 3 aromatic rings. The van der Waals surface area contributed by atoms with Crippen LogP contribution >= 0.6 is 23.1 Å². The van der Waals surface area contributed by atoms with Gasteiger partial charge in [0.05, 0.1) is 34.1 Å². The van der Waals surface area contributed by atoms with E-state index in [0.717, 1.165) is 21.9 Å². The fourth-order valence-corrected chi connectivity index (χ4v) is 4.42. The fourth-order valence-electron chi connectivity index (χ4n) is 2.50. The molecular weight excluding hydrogens is 348 g/mol. The van der Waals surface area contributed by atoms with Crippen molar-refractivity contribution < 1.29 is 14.3 Å². The summed E-state index contributed by atoms with van der Waals surface area (Å²) in [6.45, 7) is 1.85. The van der Waals surface area contributed by atoms with Crippen molar-refractivity contribution in [3.63, 3.8) is 0 Å². The van der Waals surface area contributed by atoms with E-state index in [2.05, 4.69) is 15.3 Å². The average Bonchev–Trinajstić information content (AvgIpc) is 3.25. The van der Waals surface area contributed by atoms with Gasteiger partial charge < -0.3 is 9.52 Å². The number of furan rings is 1. The molecule has 0 spiro atoms. The Morgan fingerprint density at radius 2 is 2.29 bits per heavy atom. The monoisotopic (exact) mass is 360 g/mol. The van der Waals surface area contributed by atoms with Crippen molar-refractivity contribution in [2.45, 2.75) is 23.8 Å². The first kappa shape index (κ1) is 15.2. The van der Waals surface area contributed by atoms with Gasteiger partial charge in [-0.2, -0.15) is 9.78 Å². The van der Waals surface area contributed by atoms with Crippen molar-refractivity contribution in [1.29, 1.82) is 0 Å². The van der Waals surface area contributed by atoms with Gasteiger partial charge in [0.1, 0.15) is 5.76 Å². The molecule has 7 nitrogen and oxygen atoms in total. The Labute approximate surface area is 145 Å². The van der Waals surface area contributed by atoms with Gasteiger partial charge in [0.2, 0.25) is 5.16 Å². The molecule has 0 aliphatic carbocycles. The van der Waals surface area contributed by atoms with Gasteiger partial charge in [-0.15, -0.1) is 21.5 Å². The van der Waals surface area contributed by atoms with Gasteiger partial charge in [-0.05, 0) is 24.4 Å². The molecule has 0 unspecified atom stereocenters. The van der Waals surface area contributed by atoms with Crippen molar-refractivity contribution in [2.75, 3.05) is 0 Å². The highest BCUT2D eigenvalue weighted by Gasteiger charge is 2.31. The summed E-state index contributed by atoms with van der Waals surface area (Å²) < 4.78 is 7.00. The zero-order valence-corrected chi connectivity index (χ0v) is 14.2. The van der Waals surface area contributed by atoms with E-state index >= 15 is 0 Å². The van der Waals surface area contributed by atoms with Crippen molar-refractivity contribution in [1.82, 2.24) is 14.9 Å². The van der Waals surface area contributed by atoms with Crippen LogP contribution in [0.4, 0.5) is 0 Å². The number of hydrogen-bond donors (Lipinski definition) is 1. The lowest BCUT2D eigenvalue weighted by Crippen LogP contribution is -2.26. The van der Waals surface area contributed by atoms with Gasteiger partial charge in [-0.3, -0.25) is 4.79 Å². The molecule has 1 atom stereocenters. The molecule has 3 aromatic heterocycles. The highest BCUT2D eigenvalue weighted by Crippen LogP contribution is 2.36. The Morgan fingerprint density at radius 1 is 1.42 bits per heavy atom. The summed E-state index contributed by atoms with van der Waals surface area (Å²) >= 11 is 2.90. The van der Waals surface area contributed by atoms with Crippen LogP contribution in [0.3, 0.4) is 0 Å². The molecular formula is C15H12N4O3S2. The third-order valence-electron chi connectivity index (χ3n) is 3.61. The molecule has 0 saturated carbocycles. The number of carbonyl (C=O) groups is 1. The van der Waals surface area contributed by atoms with Crippen molar-refractivity contribution >= 4 is 34.8 Å². The van der Waals surface area contributed by atoms with Crippen molar-refractivity contribution in [2.24, 2.45) is 5.10 Å². The zero-order chi connectivity index (χ0) is 16.7. The number of aromatic nitrogens is 3. The minimum absolute atomic E-state index is 0.0195. The second-order valence-electron chi connectivity index (χ2n) is 5.18. The Bertz CT molecular complexity index is 927. The third kappa shape index (κ3) is 2.55. The second-order valence-corrected chi connectivity index (χ2v) is 7.29. The molecule has 0 aromatic carbocycles. The highest BCUT2D eigenvalue weighted by atomic mass is 32.2. The van der Waals surface area contributed by atoms with E-state index in [1.54, 1.807) is 10.9 Å². The van der Waals surface area contributed by atoms with Crippen LogP contribution in [0.1, 0.15) is 17.1 Å². The summed E-state index contributed by atoms with van der Waals surface area (Å²) in [5.74, 6) is 0.456. The summed E-state index contributed by atoms with van der Waals surface area (Å²) in [5.41, 5.74) is 1.55. The predicted octanol–water partition coefficient (Wildman–Crippen LogP) is 3.11. The summed E-state index contributed by atoms with van der Waals surface area (Å²) in [6, 6.07) is 5.69. The molecule has 1 aliphatic rings. The molecule has 4 rings (SSSR count). The Kier molecular flexibility index (Phi) is 3.73. The minimum Gasteiger partial charge on any atom is -0.481 e. The highest BCUT2D eigenvalue weighted by molar-refractivity contribution is 8.00. The molecule has 0 amide bonds. The van der Waals surface area contributed by atoms with E-state index in [0.29, 0.717) is 11.0 Å². The van der Waals surface area contributed by atoms with Gasteiger partial charge in [-0.25, -0.2) is 0 Å². The number of thioether (sulfide) groups is 1. The van der Waals surface area contributed by atoms with Crippen LogP contribution in [0.15, 0.2) is 44.5 Å². The number of aliphatic carboxylic acids is 1. The molecule has 0 radical (unpaired) electrons. The van der Waals surface area contributed by atoms with Crippen LogP contribution < -0.4 is 0 Å². The van der Waals surface area contributed by atoms with Crippen LogP contribution in [0.2, 0.25) is 0 Å². The number of hydrogen-bond acceptors (Lipinski definition) is 7. The van der Waals surface area contributed by atoms with Gasteiger partial charge >= 0.3 is 5.97 Å². The maximum atomic E-state index is 11.2. The lowest BCUT2D eigenvalue weighted by Gasteiger charge is -2.20. The summed E-state index contributed by atoms with van der Waals surface area (Å²) in [4.78, 5) is 12.2. The molecule has 1 aliphatic heterocycles. The van der Waals surface area contributed by atoms with Gasteiger partial charge in [0.25, 0.3) is 0 Å². The number of thiophene rings is 1. The van der Waals surface area contributed by atoms with E-state index in [9.17, 15) is 9.90 Å². The lowest BCUT2D eigenvalue weighted by molar-refractivity contribution is -0.136. The molecule has 0 fully saturated rings. The topological polar surface area (TPSA) is 93.5 Å². The van der Waals surface area contributed by atoms with Gasteiger partial charge in [-0.1, -0.05) is 17.8 Å². The van der Waals surface area contributed by atoms with Crippen LogP contribution in [0, 0.1) is 6.92 Å².